The van der Waals surface area contributed by atoms with Gasteiger partial charge in [-0.05, 0) is 46.7 Å². The Morgan fingerprint density at radius 2 is 1.57 bits per heavy atom. The van der Waals surface area contributed by atoms with Crippen molar-refractivity contribution in [3.8, 4) is 23.0 Å². The predicted octanol–water partition coefficient (Wildman–Crippen LogP) is 5.54. The average molecular weight is 588 g/mol. The van der Waals surface area contributed by atoms with Crippen molar-refractivity contribution >= 4 is 28.6 Å². The molecule has 0 saturated carbocycles. The zero-order valence-corrected chi connectivity index (χ0v) is 24.7. The second-order valence-electron chi connectivity index (χ2n) is 11.4. The van der Waals surface area contributed by atoms with Crippen molar-refractivity contribution in [2.24, 2.45) is 0 Å². The third-order valence-electron chi connectivity index (χ3n) is 7.31. The van der Waals surface area contributed by atoms with Gasteiger partial charge in [-0.1, -0.05) is 62.9 Å². The number of thioether (sulfide) groups is 1. The van der Waals surface area contributed by atoms with Gasteiger partial charge in [0.15, 0.2) is 28.2 Å². The molecular formula is C32H33N3O6S. The van der Waals surface area contributed by atoms with Gasteiger partial charge in [0.25, 0.3) is 5.56 Å². The number of nitrogens with one attached hydrogen (secondary N) is 1. The fraction of sp³-hybridized carbons (Fsp3) is 0.344. The van der Waals surface area contributed by atoms with Crippen molar-refractivity contribution in [1.29, 1.82) is 0 Å². The van der Waals surface area contributed by atoms with Crippen LogP contribution in [-0.2, 0) is 29.1 Å². The fourth-order valence-corrected chi connectivity index (χ4v) is 5.87. The number of benzene rings is 3. The van der Waals surface area contributed by atoms with Crippen LogP contribution in [0.5, 0.6) is 23.0 Å². The van der Waals surface area contributed by atoms with Gasteiger partial charge in [-0.2, -0.15) is 0 Å². The molecule has 2 aliphatic heterocycles. The van der Waals surface area contributed by atoms with E-state index in [0.29, 0.717) is 64.3 Å². The Labute approximate surface area is 248 Å². The Bertz CT molecular complexity index is 1690. The van der Waals surface area contributed by atoms with Crippen LogP contribution in [-0.4, -0.2) is 29.0 Å². The molecule has 0 atom stereocenters. The average Bonchev–Trinajstić information content (AvgIpc) is 3.64. The number of amides is 1. The molecule has 4 aromatic rings. The van der Waals surface area contributed by atoms with Gasteiger partial charge in [0.2, 0.25) is 19.5 Å². The highest BCUT2D eigenvalue weighted by atomic mass is 32.2. The lowest BCUT2D eigenvalue weighted by molar-refractivity contribution is -0.121. The van der Waals surface area contributed by atoms with Gasteiger partial charge in [-0.25, -0.2) is 4.98 Å². The van der Waals surface area contributed by atoms with Crippen molar-refractivity contribution < 1.29 is 23.7 Å². The lowest BCUT2D eigenvalue weighted by Gasteiger charge is -2.19. The summed E-state index contributed by atoms with van der Waals surface area (Å²) in [5.41, 5.74) is 3.81. The predicted molar refractivity (Wildman–Crippen MR) is 160 cm³/mol. The highest BCUT2D eigenvalue weighted by Gasteiger charge is 2.20. The van der Waals surface area contributed by atoms with Crippen LogP contribution in [0.25, 0.3) is 10.9 Å². The monoisotopic (exact) mass is 587 g/mol. The van der Waals surface area contributed by atoms with E-state index in [0.717, 1.165) is 11.1 Å². The van der Waals surface area contributed by atoms with E-state index in [4.69, 9.17) is 23.9 Å². The second-order valence-corrected chi connectivity index (χ2v) is 12.3. The van der Waals surface area contributed by atoms with E-state index >= 15 is 0 Å². The maximum Gasteiger partial charge on any atom is 0.262 e. The van der Waals surface area contributed by atoms with Gasteiger partial charge >= 0.3 is 0 Å². The molecular weight excluding hydrogens is 554 g/mol. The Morgan fingerprint density at radius 1 is 0.905 bits per heavy atom. The van der Waals surface area contributed by atoms with Gasteiger partial charge in [-0.15, -0.1) is 0 Å². The van der Waals surface area contributed by atoms with E-state index in [1.165, 1.54) is 17.3 Å². The third-order valence-corrected chi connectivity index (χ3v) is 8.36. The molecule has 1 N–H and O–H groups in total. The van der Waals surface area contributed by atoms with Crippen LogP contribution in [0.1, 0.15) is 50.3 Å². The first-order valence-electron chi connectivity index (χ1n) is 14.0. The van der Waals surface area contributed by atoms with E-state index in [9.17, 15) is 9.59 Å². The maximum absolute atomic E-state index is 13.7. The van der Waals surface area contributed by atoms with E-state index in [-0.39, 0.29) is 36.9 Å². The smallest absolute Gasteiger partial charge is 0.262 e. The molecule has 1 aromatic heterocycles. The number of hydrogen-bond donors (Lipinski definition) is 1. The quantitative estimate of drug-likeness (QED) is 0.201. The molecule has 42 heavy (non-hydrogen) atoms. The highest BCUT2D eigenvalue weighted by molar-refractivity contribution is 7.98. The molecule has 0 spiro atoms. The molecule has 6 rings (SSSR count). The summed E-state index contributed by atoms with van der Waals surface area (Å²) in [6.07, 6.45) is 0.757. The second kappa shape index (κ2) is 11.6. The van der Waals surface area contributed by atoms with Crippen LogP contribution >= 0.6 is 11.8 Å². The summed E-state index contributed by atoms with van der Waals surface area (Å²) in [5, 5.41) is 4.02. The van der Waals surface area contributed by atoms with Crippen molar-refractivity contribution in [2.75, 3.05) is 13.6 Å². The van der Waals surface area contributed by atoms with Gasteiger partial charge in [0, 0.05) is 31.3 Å². The molecule has 9 nitrogen and oxygen atoms in total. The highest BCUT2D eigenvalue weighted by Crippen LogP contribution is 2.36. The first-order chi connectivity index (χ1) is 20.2. The Kier molecular flexibility index (Phi) is 7.72. The SMILES string of the molecule is CC(C)(C)c1ccc(CSc2nc3cc4c(cc3c(=O)n2CCCC(=O)NCc2ccc3c(c2)OCO3)OCO4)cc1. The van der Waals surface area contributed by atoms with Crippen molar-refractivity contribution in [2.45, 2.75) is 63.0 Å². The lowest BCUT2D eigenvalue weighted by atomic mass is 9.87. The van der Waals surface area contributed by atoms with E-state index in [1.54, 1.807) is 16.7 Å². The van der Waals surface area contributed by atoms with Crippen LogP contribution in [0.3, 0.4) is 0 Å². The summed E-state index contributed by atoms with van der Waals surface area (Å²) >= 11 is 1.51. The summed E-state index contributed by atoms with van der Waals surface area (Å²) in [5.74, 6) is 3.08. The van der Waals surface area contributed by atoms with Gasteiger partial charge in [0.1, 0.15) is 0 Å². The molecule has 0 aliphatic carbocycles. The van der Waals surface area contributed by atoms with Crippen molar-refractivity contribution in [1.82, 2.24) is 14.9 Å². The number of aromatic nitrogens is 2. The van der Waals surface area contributed by atoms with Gasteiger partial charge < -0.3 is 24.3 Å². The number of hydrogen-bond acceptors (Lipinski definition) is 8. The summed E-state index contributed by atoms with van der Waals surface area (Å²) < 4.78 is 23.4. The summed E-state index contributed by atoms with van der Waals surface area (Å²) in [7, 11) is 0. The van der Waals surface area contributed by atoms with E-state index in [1.807, 2.05) is 18.2 Å². The number of nitrogens with zero attached hydrogens (tertiary/aromatic N) is 2. The van der Waals surface area contributed by atoms with Gasteiger partial charge in [-0.3, -0.25) is 14.2 Å². The molecule has 0 bridgehead atoms. The number of carbonyl (C=O) groups excluding carboxylic acids is 1. The molecule has 10 heteroatoms. The van der Waals surface area contributed by atoms with Crippen LogP contribution in [0, 0.1) is 0 Å². The summed E-state index contributed by atoms with van der Waals surface area (Å²) in [4.78, 5) is 31.2. The number of ether oxygens (including phenoxy) is 4. The number of rotatable bonds is 9. The normalized spacial score (nSPS) is 13.5. The lowest BCUT2D eigenvalue weighted by Crippen LogP contribution is -2.26. The molecule has 3 heterocycles. The number of carbonyl (C=O) groups is 1. The third kappa shape index (κ3) is 6.04. The van der Waals surface area contributed by atoms with Crippen LogP contribution in [0.15, 0.2) is 64.5 Å². The largest absolute Gasteiger partial charge is 0.454 e. The molecule has 218 valence electrons. The van der Waals surface area contributed by atoms with Crippen molar-refractivity contribution in [3.63, 3.8) is 0 Å². The van der Waals surface area contributed by atoms with Crippen LogP contribution in [0.4, 0.5) is 0 Å². The first-order valence-corrected chi connectivity index (χ1v) is 14.9. The molecule has 0 fully saturated rings. The minimum atomic E-state index is -0.162. The first kappa shape index (κ1) is 28.0. The minimum Gasteiger partial charge on any atom is -0.454 e. The van der Waals surface area contributed by atoms with Crippen molar-refractivity contribution in [3.05, 3.63) is 81.6 Å². The summed E-state index contributed by atoms with van der Waals surface area (Å²) in [6, 6.07) is 17.6. The zero-order chi connectivity index (χ0) is 29.3. The van der Waals surface area contributed by atoms with Crippen LogP contribution < -0.4 is 29.8 Å². The summed E-state index contributed by atoms with van der Waals surface area (Å²) in [6.45, 7) is 7.65. The molecule has 0 unspecified atom stereocenters. The Balaban J connectivity index is 1.16. The molecule has 2 aliphatic rings. The Hall–Kier alpha value is -4.18. The Morgan fingerprint density at radius 3 is 2.31 bits per heavy atom. The number of fused-ring (bicyclic) bond motifs is 3. The zero-order valence-electron chi connectivity index (χ0n) is 23.9. The van der Waals surface area contributed by atoms with Gasteiger partial charge in [0.05, 0.1) is 10.9 Å². The molecule has 1 amide bonds. The van der Waals surface area contributed by atoms with E-state index < -0.39 is 0 Å². The van der Waals surface area contributed by atoms with Crippen LogP contribution in [0.2, 0.25) is 0 Å². The molecule has 0 radical (unpaired) electrons. The van der Waals surface area contributed by atoms with E-state index in [2.05, 4.69) is 50.4 Å². The topological polar surface area (TPSA) is 101 Å². The fourth-order valence-electron chi connectivity index (χ4n) is 4.88. The standard InChI is InChI=1S/C32H33N3O6S/c1-32(2,3)22-9-6-20(7-10-22)17-42-31-34-24-15-28-27(40-19-41-28)14-23(24)30(37)35(31)12-4-5-29(36)33-16-21-8-11-25-26(13-21)39-18-38-25/h6-11,13-15H,4-5,12,16-19H2,1-3H3,(H,33,36). The molecule has 3 aromatic carbocycles. The minimum absolute atomic E-state index is 0.0782. The molecule has 0 saturated heterocycles. The maximum atomic E-state index is 13.7.